The molecule has 0 fully saturated rings. The third kappa shape index (κ3) is 3.86. The third-order valence-corrected chi connectivity index (χ3v) is 6.10. The first kappa shape index (κ1) is 19.1. The second kappa shape index (κ2) is 7.32. The van der Waals surface area contributed by atoms with Gasteiger partial charge in [0.05, 0.1) is 24.1 Å². The summed E-state index contributed by atoms with van der Waals surface area (Å²) in [6, 6.07) is 10.2. The number of hydrogen-bond donors (Lipinski definition) is 0. The molecule has 4 rings (SSSR count). The van der Waals surface area contributed by atoms with Gasteiger partial charge in [0.15, 0.2) is 0 Å². The number of oxazole rings is 1. The SMILES string of the molecule is CN(c1ccc(C(=O)N2CCc3oc(-c4cccnc4)nc3C2)cc1)S(C)(=O)=O. The van der Waals surface area contributed by atoms with Crippen LogP contribution in [0.2, 0.25) is 0 Å². The van der Waals surface area contributed by atoms with E-state index in [2.05, 4.69) is 9.97 Å². The fourth-order valence-corrected chi connectivity index (χ4v) is 3.68. The van der Waals surface area contributed by atoms with E-state index < -0.39 is 10.0 Å². The smallest absolute Gasteiger partial charge is 0.254 e. The number of anilines is 1. The Balaban J connectivity index is 1.51. The van der Waals surface area contributed by atoms with Gasteiger partial charge in [-0.15, -0.1) is 0 Å². The van der Waals surface area contributed by atoms with Crippen molar-refractivity contribution in [2.75, 3.05) is 24.2 Å². The lowest BCUT2D eigenvalue weighted by Gasteiger charge is -2.25. The van der Waals surface area contributed by atoms with Crippen LogP contribution in [0.3, 0.4) is 0 Å². The van der Waals surface area contributed by atoms with Crippen molar-refractivity contribution >= 4 is 21.6 Å². The maximum Gasteiger partial charge on any atom is 0.254 e. The lowest BCUT2D eigenvalue weighted by atomic mass is 10.1. The van der Waals surface area contributed by atoms with E-state index in [1.807, 2.05) is 12.1 Å². The number of amides is 1. The van der Waals surface area contributed by atoms with Crippen molar-refractivity contribution in [2.24, 2.45) is 0 Å². The van der Waals surface area contributed by atoms with Crippen LogP contribution in [-0.4, -0.2) is 49.0 Å². The molecule has 0 saturated carbocycles. The number of hydrogen-bond acceptors (Lipinski definition) is 6. The number of nitrogens with zero attached hydrogens (tertiary/aromatic N) is 4. The molecule has 150 valence electrons. The van der Waals surface area contributed by atoms with Crippen molar-refractivity contribution in [3.8, 4) is 11.5 Å². The fourth-order valence-electron chi connectivity index (χ4n) is 3.17. The van der Waals surface area contributed by atoms with E-state index in [-0.39, 0.29) is 5.91 Å². The number of carbonyl (C=O) groups is 1. The molecule has 0 radical (unpaired) electrons. The molecule has 0 N–H and O–H groups in total. The Morgan fingerprint density at radius 1 is 1.21 bits per heavy atom. The quantitative estimate of drug-likeness (QED) is 0.653. The van der Waals surface area contributed by atoms with Crippen LogP contribution in [0.1, 0.15) is 21.8 Å². The average molecular weight is 412 g/mol. The van der Waals surface area contributed by atoms with Crippen molar-refractivity contribution < 1.29 is 17.6 Å². The van der Waals surface area contributed by atoms with Gasteiger partial charge in [-0.3, -0.25) is 14.1 Å². The first-order chi connectivity index (χ1) is 13.8. The average Bonchev–Trinajstić information content (AvgIpc) is 3.16. The molecule has 0 spiro atoms. The van der Waals surface area contributed by atoms with Gasteiger partial charge in [-0.2, -0.15) is 0 Å². The van der Waals surface area contributed by atoms with E-state index in [1.165, 1.54) is 11.4 Å². The Morgan fingerprint density at radius 2 is 1.97 bits per heavy atom. The second-order valence-electron chi connectivity index (χ2n) is 6.88. The molecular formula is C20H20N4O4S. The Kier molecular flexibility index (Phi) is 4.83. The van der Waals surface area contributed by atoms with Gasteiger partial charge in [-0.05, 0) is 36.4 Å². The molecule has 1 aromatic carbocycles. The van der Waals surface area contributed by atoms with E-state index in [1.54, 1.807) is 41.6 Å². The van der Waals surface area contributed by atoms with E-state index in [9.17, 15) is 13.2 Å². The van der Waals surface area contributed by atoms with Gasteiger partial charge in [-0.25, -0.2) is 13.4 Å². The maximum atomic E-state index is 12.9. The van der Waals surface area contributed by atoms with Gasteiger partial charge in [0.25, 0.3) is 5.91 Å². The largest absolute Gasteiger partial charge is 0.441 e. The van der Waals surface area contributed by atoms with E-state index in [4.69, 9.17) is 4.42 Å². The van der Waals surface area contributed by atoms with Crippen LogP contribution >= 0.6 is 0 Å². The summed E-state index contributed by atoms with van der Waals surface area (Å²) >= 11 is 0. The number of fused-ring (bicyclic) bond motifs is 1. The lowest BCUT2D eigenvalue weighted by Crippen LogP contribution is -2.35. The molecule has 3 aromatic rings. The Hall–Kier alpha value is -3.20. The van der Waals surface area contributed by atoms with Crippen molar-refractivity contribution in [3.63, 3.8) is 0 Å². The van der Waals surface area contributed by atoms with Crippen molar-refractivity contribution in [2.45, 2.75) is 13.0 Å². The van der Waals surface area contributed by atoms with Crippen LogP contribution in [0, 0.1) is 0 Å². The summed E-state index contributed by atoms with van der Waals surface area (Å²) in [5.41, 5.74) is 2.54. The van der Waals surface area contributed by atoms with Crippen LogP contribution < -0.4 is 4.31 Å². The standard InChI is InChI=1S/C20H20N4O4S/c1-23(29(2,26)27)16-7-5-14(6-8-16)20(25)24-11-9-18-17(13-24)22-19(28-18)15-4-3-10-21-12-15/h3-8,10,12H,9,11,13H2,1-2H3. The summed E-state index contributed by atoms with van der Waals surface area (Å²) in [5, 5.41) is 0. The minimum absolute atomic E-state index is 0.130. The molecule has 2 aromatic heterocycles. The molecule has 9 heteroatoms. The number of rotatable bonds is 4. The molecule has 1 amide bonds. The Bertz CT molecular complexity index is 1140. The molecular weight excluding hydrogens is 392 g/mol. The van der Waals surface area contributed by atoms with E-state index >= 15 is 0 Å². The second-order valence-corrected chi connectivity index (χ2v) is 8.90. The van der Waals surface area contributed by atoms with Gasteiger partial charge < -0.3 is 9.32 Å². The predicted molar refractivity (Wildman–Crippen MR) is 108 cm³/mol. The summed E-state index contributed by atoms with van der Waals surface area (Å²) < 4.78 is 30.3. The molecule has 0 atom stereocenters. The summed E-state index contributed by atoms with van der Waals surface area (Å²) in [4.78, 5) is 23.2. The highest BCUT2D eigenvalue weighted by molar-refractivity contribution is 7.92. The molecule has 0 bridgehead atoms. The highest BCUT2D eigenvalue weighted by Crippen LogP contribution is 2.26. The van der Waals surface area contributed by atoms with Crippen LogP contribution in [-0.2, 0) is 23.0 Å². The highest BCUT2D eigenvalue weighted by atomic mass is 32.2. The summed E-state index contributed by atoms with van der Waals surface area (Å²) in [7, 11) is -1.87. The molecule has 3 heterocycles. The summed E-state index contributed by atoms with van der Waals surface area (Å²) in [5.74, 6) is 1.17. The molecule has 0 unspecified atom stereocenters. The summed E-state index contributed by atoms with van der Waals surface area (Å²) in [6.45, 7) is 0.890. The topological polar surface area (TPSA) is 96.6 Å². The molecule has 8 nitrogen and oxygen atoms in total. The van der Waals surface area contributed by atoms with Gasteiger partial charge in [0.2, 0.25) is 15.9 Å². The fraction of sp³-hybridized carbons (Fsp3) is 0.250. The van der Waals surface area contributed by atoms with Crippen molar-refractivity contribution in [3.05, 3.63) is 65.8 Å². The molecule has 29 heavy (non-hydrogen) atoms. The highest BCUT2D eigenvalue weighted by Gasteiger charge is 2.26. The van der Waals surface area contributed by atoms with Gasteiger partial charge in [-0.1, -0.05) is 0 Å². The number of carbonyl (C=O) groups excluding carboxylic acids is 1. The van der Waals surface area contributed by atoms with Gasteiger partial charge in [0.1, 0.15) is 11.5 Å². The lowest BCUT2D eigenvalue weighted by molar-refractivity contribution is 0.0728. The van der Waals surface area contributed by atoms with Crippen LogP contribution in [0.4, 0.5) is 5.69 Å². The van der Waals surface area contributed by atoms with Crippen LogP contribution in [0.15, 0.2) is 53.2 Å². The van der Waals surface area contributed by atoms with Crippen molar-refractivity contribution in [1.29, 1.82) is 0 Å². The number of benzene rings is 1. The number of sulfonamides is 1. The molecule has 1 aliphatic rings. The number of aromatic nitrogens is 2. The zero-order valence-corrected chi connectivity index (χ0v) is 16.9. The zero-order valence-electron chi connectivity index (χ0n) is 16.1. The summed E-state index contributed by atoms with van der Waals surface area (Å²) in [6.07, 6.45) is 5.10. The maximum absolute atomic E-state index is 12.9. The molecule has 1 aliphatic heterocycles. The van der Waals surface area contributed by atoms with Crippen LogP contribution in [0.25, 0.3) is 11.5 Å². The molecule has 0 saturated heterocycles. The first-order valence-electron chi connectivity index (χ1n) is 9.05. The minimum Gasteiger partial charge on any atom is -0.441 e. The van der Waals surface area contributed by atoms with Gasteiger partial charge >= 0.3 is 0 Å². The first-order valence-corrected chi connectivity index (χ1v) is 10.9. The monoisotopic (exact) mass is 412 g/mol. The Morgan fingerprint density at radius 3 is 2.62 bits per heavy atom. The third-order valence-electron chi connectivity index (χ3n) is 4.90. The number of pyridine rings is 1. The Labute approximate surface area is 168 Å². The van der Waals surface area contributed by atoms with E-state index in [0.29, 0.717) is 36.7 Å². The minimum atomic E-state index is -3.35. The van der Waals surface area contributed by atoms with Crippen molar-refractivity contribution in [1.82, 2.24) is 14.9 Å². The molecule has 0 aliphatic carbocycles. The van der Waals surface area contributed by atoms with Gasteiger partial charge in [0, 0.05) is 38.0 Å². The zero-order chi connectivity index (χ0) is 20.6. The normalized spacial score (nSPS) is 13.8. The predicted octanol–water partition coefficient (Wildman–Crippen LogP) is 2.33. The van der Waals surface area contributed by atoms with E-state index in [0.717, 1.165) is 23.3 Å². The van der Waals surface area contributed by atoms with Crippen LogP contribution in [0.5, 0.6) is 0 Å².